The third-order valence-electron chi connectivity index (χ3n) is 5.66. The van der Waals surface area contributed by atoms with Gasteiger partial charge in [-0.25, -0.2) is 4.98 Å². The third kappa shape index (κ3) is 5.00. The first-order valence-corrected chi connectivity index (χ1v) is 11.4. The van der Waals surface area contributed by atoms with Crippen LogP contribution in [0, 0.1) is 6.92 Å². The number of carbonyl (C=O) groups is 1. The predicted octanol–water partition coefficient (Wildman–Crippen LogP) is 5.24. The highest BCUT2D eigenvalue weighted by atomic mass is 32.1. The highest BCUT2D eigenvalue weighted by Crippen LogP contribution is 2.33. The highest BCUT2D eigenvalue weighted by Gasteiger charge is 2.19. The third-order valence-corrected chi connectivity index (χ3v) is 6.85. The number of hydrogen-bond acceptors (Lipinski definition) is 4. The van der Waals surface area contributed by atoms with Gasteiger partial charge in [0.05, 0.1) is 5.69 Å². The molecule has 4 nitrogen and oxygen atoms in total. The summed E-state index contributed by atoms with van der Waals surface area (Å²) in [6.07, 6.45) is 4.95. The molecule has 28 heavy (non-hydrogen) atoms. The fourth-order valence-corrected chi connectivity index (χ4v) is 5.00. The van der Waals surface area contributed by atoms with Crippen molar-refractivity contribution in [1.82, 2.24) is 15.2 Å². The average Bonchev–Trinajstić information content (AvgIpc) is 3.08. The van der Waals surface area contributed by atoms with Crippen molar-refractivity contribution in [2.75, 3.05) is 19.6 Å². The number of likely N-dealkylation sites (tertiary alicyclic amines) is 1. The molecule has 0 bridgehead atoms. The number of hydrogen-bond donors (Lipinski definition) is 1. The predicted molar refractivity (Wildman–Crippen MR) is 118 cm³/mol. The SMILES string of the molecule is Cc1nc(-c2ccccc2C(C)C)sc1C(=O)NCCCN1CCCC[C@@H]1C. The Balaban J connectivity index is 1.59. The van der Waals surface area contributed by atoms with Crippen molar-refractivity contribution in [3.8, 4) is 10.6 Å². The summed E-state index contributed by atoms with van der Waals surface area (Å²) in [5.41, 5.74) is 3.24. The van der Waals surface area contributed by atoms with Crippen LogP contribution in [0.5, 0.6) is 0 Å². The van der Waals surface area contributed by atoms with E-state index in [-0.39, 0.29) is 5.91 Å². The quantitative estimate of drug-likeness (QED) is 0.648. The molecule has 1 aromatic heterocycles. The van der Waals surface area contributed by atoms with Crippen LogP contribution in [-0.2, 0) is 0 Å². The number of benzene rings is 1. The molecule has 1 fully saturated rings. The summed E-state index contributed by atoms with van der Waals surface area (Å²) in [4.78, 5) is 20.7. The van der Waals surface area contributed by atoms with E-state index in [9.17, 15) is 4.79 Å². The van der Waals surface area contributed by atoms with Crippen LogP contribution >= 0.6 is 11.3 Å². The molecule has 1 N–H and O–H groups in total. The van der Waals surface area contributed by atoms with Crippen molar-refractivity contribution in [1.29, 1.82) is 0 Å². The van der Waals surface area contributed by atoms with Crippen LogP contribution in [0.2, 0.25) is 0 Å². The molecular formula is C23H33N3OS. The largest absolute Gasteiger partial charge is 0.351 e. The summed E-state index contributed by atoms with van der Waals surface area (Å²) in [6.45, 7) is 11.6. The lowest BCUT2D eigenvalue weighted by Gasteiger charge is -2.33. The van der Waals surface area contributed by atoms with Gasteiger partial charge in [0.2, 0.25) is 0 Å². The Morgan fingerprint density at radius 3 is 2.86 bits per heavy atom. The molecule has 1 atom stereocenters. The maximum absolute atomic E-state index is 12.7. The number of amides is 1. The Hall–Kier alpha value is -1.72. The Morgan fingerprint density at radius 1 is 1.32 bits per heavy atom. The molecule has 1 aliphatic heterocycles. The molecule has 0 saturated carbocycles. The average molecular weight is 400 g/mol. The second-order valence-electron chi connectivity index (χ2n) is 8.17. The highest BCUT2D eigenvalue weighted by molar-refractivity contribution is 7.17. The Bertz CT molecular complexity index is 799. The van der Waals surface area contributed by atoms with Gasteiger partial charge in [0.25, 0.3) is 5.91 Å². The number of carbonyl (C=O) groups excluding carboxylic acids is 1. The molecule has 5 heteroatoms. The second kappa shape index (κ2) is 9.66. The molecule has 2 aromatic rings. The Kier molecular flexibility index (Phi) is 7.24. The smallest absolute Gasteiger partial charge is 0.263 e. The van der Waals surface area contributed by atoms with Gasteiger partial charge in [0, 0.05) is 24.7 Å². The van der Waals surface area contributed by atoms with Crippen LogP contribution in [0.25, 0.3) is 10.6 Å². The molecule has 1 aliphatic rings. The minimum atomic E-state index is 0.00923. The van der Waals surface area contributed by atoms with Crippen LogP contribution < -0.4 is 5.32 Å². The first-order valence-electron chi connectivity index (χ1n) is 10.6. The van der Waals surface area contributed by atoms with E-state index in [1.165, 1.54) is 42.7 Å². The first kappa shape index (κ1) is 21.0. The van der Waals surface area contributed by atoms with E-state index in [0.717, 1.165) is 40.7 Å². The zero-order valence-electron chi connectivity index (χ0n) is 17.6. The number of thiazole rings is 1. The van der Waals surface area contributed by atoms with E-state index >= 15 is 0 Å². The molecule has 1 amide bonds. The summed E-state index contributed by atoms with van der Waals surface area (Å²) in [5.74, 6) is 0.435. The second-order valence-corrected chi connectivity index (χ2v) is 9.16. The van der Waals surface area contributed by atoms with Gasteiger partial charge in [-0.2, -0.15) is 0 Å². The van der Waals surface area contributed by atoms with Crippen molar-refractivity contribution in [2.45, 2.75) is 65.3 Å². The number of aryl methyl sites for hydroxylation is 1. The van der Waals surface area contributed by atoms with Crippen LogP contribution in [0.3, 0.4) is 0 Å². The Morgan fingerprint density at radius 2 is 2.11 bits per heavy atom. The van der Waals surface area contributed by atoms with E-state index in [1.54, 1.807) is 0 Å². The molecule has 152 valence electrons. The van der Waals surface area contributed by atoms with E-state index < -0.39 is 0 Å². The molecule has 0 aliphatic carbocycles. The van der Waals surface area contributed by atoms with Crippen LogP contribution in [0.1, 0.15) is 73.3 Å². The standard InChI is InChI=1S/C23H33N3OS/c1-16(2)19-11-5-6-12-20(19)23-25-18(4)21(28-23)22(27)24-13-9-15-26-14-8-7-10-17(26)3/h5-6,11-12,16-17H,7-10,13-15H2,1-4H3,(H,24,27)/t17-/m0/s1. The zero-order chi connectivity index (χ0) is 20.1. The fourth-order valence-electron chi connectivity index (χ4n) is 3.97. The number of nitrogens with zero attached hydrogens (tertiary/aromatic N) is 2. The molecule has 0 radical (unpaired) electrons. The Labute approximate surface area is 173 Å². The van der Waals surface area contributed by atoms with Gasteiger partial charge < -0.3 is 10.2 Å². The summed E-state index contributed by atoms with van der Waals surface area (Å²) in [6, 6.07) is 9.04. The number of piperidine rings is 1. The monoisotopic (exact) mass is 399 g/mol. The topological polar surface area (TPSA) is 45.2 Å². The van der Waals surface area contributed by atoms with Gasteiger partial charge in [-0.05, 0) is 51.1 Å². The zero-order valence-corrected chi connectivity index (χ0v) is 18.4. The summed E-state index contributed by atoms with van der Waals surface area (Å²) in [5, 5.41) is 4.04. The molecule has 2 heterocycles. The summed E-state index contributed by atoms with van der Waals surface area (Å²) in [7, 11) is 0. The molecular weight excluding hydrogens is 366 g/mol. The molecule has 0 unspecified atom stereocenters. The van der Waals surface area contributed by atoms with Crippen molar-refractivity contribution in [3.05, 3.63) is 40.4 Å². The van der Waals surface area contributed by atoms with Crippen LogP contribution in [0.15, 0.2) is 24.3 Å². The number of rotatable bonds is 7. The maximum Gasteiger partial charge on any atom is 0.263 e. The molecule has 1 aromatic carbocycles. The van der Waals surface area contributed by atoms with E-state index in [1.807, 2.05) is 13.0 Å². The summed E-state index contributed by atoms with van der Waals surface area (Å²) < 4.78 is 0. The van der Waals surface area contributed by atoms with Gasteiger partial charge in [-0.15, -0.1) is 11.3 Å². The minimum Gasteiger partial charge on any atom is -0.351 e. The van der Waals surface area contributed by atoms with Crippen molar-refractivity contribution >= 4 is 17.2 Å². The lowest BCUT2D eigenvalue weighted by Crippen LogP contribution is -2.39. The molecule has 1 saturated heterocycles. The van der Waals surface area contributed by atoms with E-state index in [0.29, 0.717) is 12.0 Å². The first-order chi connectivity index (χ1) is 13.5. The van der Waals surface area contributed by atoms with E-state index in [4.69, 9.17) is 4.98 Å². The normalized spacial score (nSPS) is 17.8. The van der Waals surface area contributed by atoms with Crippen molar-refractivity contribution in [2.24, 2.45) is 0 Å². The number of aromatic nitrogens is 1. The molecule has 3 rings (SSSR count). The van der Waals surface area contributed by atoms with E-state index in [2.05, 4.69) is 49.2 Å². The van der Waals surface area contributed by atoms with Gasteiger partial charge in [0.1, 0.15) is 9.88 Å². The van der Waals surface area contributed by atoms with Crippen molar-refractivity contribution < 1.29 is 4.79 Å². The van der Waals surface area contributed by atoms with Crippen LogP contribution in [-0.4, -0.2) is 41.5 Å². The van der Waals surface area contributed by atoms with Gasteiger partial charge in [-0.1, -0.05) is 44.5 Å². The molecule has 0 spiro atoms. The van der Waals surface area contributed by atoms with Gasteiger partial charge in [-0.3, -0.25) is 4.79 Å². The lowest BCUT2D eigenvalue weighted by molar-refractivity contribution is 0.0952. The minimum absolute atomic E-state index is 0.00923. The van der Waals surface area contributed by atoms with Gasteiger partial charge >= 0.3 is 0 Å². The maximum atomic E-state index is 12.7. The van der Waals surface area contributed by atoms with Crippen LogP contribution in [0.4, 0.5) is 0 Å². The number of nitrogens with one attached hydrogen (secondary N) is 1. The fraction of sp³-hybridized carbons (Fsp3) is 0.565. The van der Waals surface area contributed by atoms with Crippen molar-refractivity contribution in [3.63, 3.8) is 0 Å². The lowest BCUT2D eigenvalue weighted by atomic mass is 9.98. The summed E-state index contributed by atoms with van der Waals surface area (Å²) >= 11 is 1.51. The van der Waals surface area contributed by atoms with Gasteiger partial charge in [0.15, 0.2) is 0 Å².